The van der Waals surface area contributed by atoms with Crippen LogP contribution < -0.4 is 5.32 Å². The monoisotopic (exact) mass is 311 g/mol. The summed E-state index contributed by atoms with van der Waals surface area (Å²) in [6.45, 7) is 5.43. The molecular weight excluding hydrogens is 290 g/mol. The predicted octanol–water partition coefficient (Wildman–Crippen LogP) is 1.65. The Kier molecular flexibility index (Phi) is 6.55. The van der Waals surface area contributed by atoms with Crippen molar-refractivity contribution >= 4 is 22.7 Å². The third-order valence-electron chi connectivity index (χ3n) is 3.00. The van der Waals surface area contributed by atoms with E-state index in [4.69, 9.17) is 5.11 Å². The number of nitrogens with one attached hydrogen (secondary N) is 1. The lowest BCUT2D eigenvalue weighted by Crippen LogP contribution is -2.43. The van der Waals surface area contributed by atoms with Gasteiger partial charge in [-0.2, -0.15) is 0 Å². The standard InChI is InChI=1S/C15H21NO4S/c1-10(2)13-6-4-12(5-7-13)8-21(20)9-14(15(18)19)16-11(3)17/h4-7,10,14H,8-9H2,1-3H3,(H,16,17)(H,18,19). The first kappa shape index (κ1) is 17.4. The summed E-state index contributed by atoms with van der Waals surface area (Å²) >= 11 is 0. The highest BCUT2D eigenvalue weighted by molar-refractivity contribution is 7.84. The van der Waals surface area contributed by atoms with Crippen molar-refractivity contribution < 1.29 is 18.9 Å². The number of carboxylic acids is 1. The summed E-state index contributed by atoms with van der Waals surface area (Å²) in [5, 5.41) is 11.3. The first-order chi connectivity index (χ1) is 9.79. The van der Waals surface area contributed by atoms with E-state index in [9.17, 15) is 13.8 Å². The highest BCUT2D eigenvalue weighted by Gasteiger charge is 2.21. The number of carboxylic acid groups (broad SMARTS) is 1. The Balaban J connectivity index is 2.63. The molecule has 0 saturated heterocycles. The molecule has 1 aromatic carbocycles. The molecule has 0 bridgehead atoms. The van der Waals surface area contributed by atoms with Gasteiger partial charge < -0.3 is 10.4 Å². The summed E-state index contributed by atoms with van der Waals surface area (Å²) in [6.07, 6.45) is 0. The zero-order valence-electron chi connectivity index (χ0n) is 12.5. The van der Waals surface area contributed by atoms with Crippen LogP contribution >= 0.6 is 0 Å². The molecule has 0 aliphatic rings. The fourth-order valence-electron chi connectivity index (χ4n) is 1.85. The number of hydrogen-bond acceptors (Lipinski definition) is 3. The molecular formula is C15H21NO4S. The van der Waals surface area contributed by atoms with E-state index in [0.29, 0.717) is 5.92 Å². The third kappa shape index (κ3) is 6.08. The minimum absolute atomic E-state index is 0.0964. The Morgan fingerprint density at radius 1 is 1.24 bits per heavy atom. The average molecular weight is 311 g/mol. The number of amides is 1. The molecule has 5 nitrogen and oxygen atoms in total. The summed E-state index contributed by atoms with van der Waals surface area (Å²) in [6, 6.07) is 6.67. The number of carbonyl (C=O) groups is 2. The van der Waals surface area contributed by atoms with Gasteiger partial charge in [-0.1, -0.05) is 38.1 Å². The molecule has 1 aromatic rings. The van der Waals surface area contributed by atoms with Crippen LogP contribution in [0.5, 0.6) is 0 Å². The molecule has 6 heteroatoms. The molecule has 0 spiro atoms. The largest absolute Gasteiger partial charge is 0.480 e. The summed E-state index contributed by atoms with van der Waals surface area (Å²) in [5.41, 5.74) is 2.09. The van der Waals surface area contributed by atoms with E-state index in [-0.39, 0.29) is 11.5 Å². The predicted molar refractivity (Wildman–Crippen MR) is 82.5 cm³/mol. The van der Waals surface area contributed by atoms with Gasteiger partial charge >= 0.3 is 5.97 Å². The number of rotatable bonds is 7. The zero-order valence-corrected chi connectivity index (χ0v) is 13.3. The number of carbonyl (C=O) groups excluding carboxylic acids is 1. The molecule has 1 amide bonds. The molecule has 0 aromatic heterocycles. The van der Waals surface area contributed by atoms with Crippen molar-refractivity contribution in [3.63, 3.8) is 0 Å². The summed E-state index contributed by atoms with van der Waals surface area (Å²) < 4.78 is 12.0. The Bertz CT molecular complexity index is 525. The van der Waals surface area contributed by atoms with Crippen LogP contribution in [0, 0.1) is 0 Å². The summed E-state index contributed by atoms with van der Waals surface area (Å²) in [4.78, 5) is 21.9. The van der Waals surface area contributed by atoms with Gasteiger partial charge in [-0.15, -0.1) is 0 Å². The minimum Gasteiger partial charge on any atom is -0.480 e. The van der Waals surface area contributed by atoms with Crippen LogP contribution in [0.2, 0.25) is 0 Å². The SMILES string of the molecule is CC(=O)NC(CS(=O)Cc1ccc(C(C)C)cc1)C(=O)O. The van der Waals surface area contributed by atoms with Gasteiger partial charge in [0, 0.05) is 23.5 Å². The molecule has 0 aliphatic heterocycles. The van der Waals surface area contributed by atoms with Gasteiger partial charge in [0.2, 0.25) is 5.91 Å². The Morgan fingerprint density at radius 2 is 1.81 bits per heavy atom. The van der Waals surface area contributed by atoms with Gasteiger partial charge in [0.25, 0.3) is 0 Å². The highest BCUT2D eigenvalue weighted by Crippen LogP contribution is 2.15. The molecule has 1 rings (SSSR count). The molecule has 0 heterocycles. The maximum absolute atomic E-state index is 12.0. The molecule has 0 aliphatic carbocycles. The quantitative estimate of drug-likeness (QED) is 0.802. The summed E-state index contributed by atoms with van der Waals surface area (Å²) in [7, 11) is -1.35. The molecule has 0 radical (unpaired) electrons. The topological polar surface area (TPSA) is 83.5 Å². The van der Waals surface area contributed by atoms with Crippen LogP contribution in [0.25, 0.3) is 0 Å². The second-order valence-corrected chi connectivity index (χ2v) is 6.74. The van der Waals surface area contributed by atoms with E-state index >= 15 is 0 Å². The highest BCUT2D eigenvalue weighted by atomic mass is 32.2. The van der Waals surface area contributed by atoms with Crippen molar-refractivity contribution in [3.05, 3.63) is 35.4 Å². The van der Waals surface area contributed by atoms with Crippen molar-refractivity contribution in [3.8, 4) is 0 Å². The van der Waals surface area contributed by atoms with Crippen molar-refractivity contribution in [2.24, 2.45) is 0 Å². The Morgan fingerprint density at radius 3 is 2.24 bits per heavy atom. The van der Waals surface area contributed by atoms with Crippen molar-refractivity contribution in [2.45, 2.75) is 38.5 Å². The van der Waals surface area contributed by atoms with Gasteiger partial charge in [-0.05, 0) is 17.0 Å². The van der Waals surface area contributed by atoms with Gasteiger partial charge in [0.1, 0.15) is 6.04 Å². The minimum atomic E-state index is -1.35. The smallest absolute Gasteiger partial charge is 0.327 e. The average Bonchev–Trinajstić information content (AvgIpc) is 2.37. The maximum Gasteiger partial charge on any atom is 0.327 e. The first-order valence-corrected chi connectivity index (χ1v) is 8.22. The number of benzene rings is 1. The lowest BCUT2D eigenvalue weighted by Gasteiger charge is -2.13. The van der Waals surface area contributed by atoms with Crippen LogP contribution in [-0.4, -0.2) is 33.0 Å². The van der Waals surface area contributed by atoms with E-state index in [0.717, 1.165) is 5.56 Å². The van der Waals surface area contributed by atoms with Crippen LogP contribution in [0.15, 0.2) is 24.3 Å². The second-order valence-electron chi connectivity index (χ2n) is 5.24. The summed E-state index contributed by atoms with van der Waals surface area (Å²) in [5.74, 6) is -1.00. The molecule has 2 N–H and O–H groups in total. The lowest BCUT2D eigenvalue weighted by molar-refractivity contribution is -0.140. The fraction of sp³-hybridized carbons (Fsp3) is 0.467. The van der Waals surface area contributed by atoms with Crippen LogP contribution in [0.4, 0.5) is 0 Å². The van der Waals surface area contributed by atoms with E-state index in [1.807, 2.05) is 24.3 Å². The lowest BCUT2D eigenvalue weighted by atomic mass is 10.0. The van der Waals surface area contributed by atoms with Gasteiger partial charge in [-0.3, -0.25) is 9.00 Å². The van der Waals surface area contributed by atoms with Crippen molar-refractivity contribution in [2.75, 3.05) is 5.75 Å². The first-order valence-electron chi connectivity index (χ1n) is 6.73. The number of hydrogen-bond donors (Lipinski definition) is 2. The van der Waals surface area contributed by atoms with Crippen molar-refractivity contribution in [1.82, 2.24) is 5.32 Å². The molecule has 0 saturated carbocycles. The van der Waals surface area contributed by atoms with E-state index < -0.39 is 28.7 Å². The molecule has 21 heavy (non-hydrogen) atoms. The van der Waals surface area contributed by atoms with Crippen LogP contribution in [0.3, 0.4) is 0 Å². The molecule has 2 unspecified atom stereocenters. The number of aliphatic carboxylic acids is 1. The van der Waals surface area contributed by atoms with Crippen LogP contribution in [-0.2, 0) is 26.1 Å². The molecule has 116 valence electrons. The van der Waals surface area contributed by atoms with E-state index in [2.05, 4.69) is 19.2 Å². The van der Waals surface area contributed by atoms with E-state index in [1.54, 1.807) is 0 Å². The fourth-order valence-corrected chi connectivity index (χ4v) is 3.13. The Labute approximate surface area is 127 Å². The van der Waals surface area contributed by atoms with Gasteiger partial charge in [-0.25, -0.2) is 4.79 Å². The molecule has 2 atom stereocenters. The normalized spacial score (nSPS) is 13.7. The third-order valence-corrected chi connectivity index (χ3v) is 4.36. The second kappa shape index (κ2) is 7.93. The zero-order chi connectivity index (χ0) is 16.0. The van der Waals surface area contributed by atoms with Crippen LogP contribution in [0.1, 0.15) is 37.8 Å². The molecule has 0 fully saturated rings. The van der Waals surface area contributed by atoms with E-state index in [1.165, 1.54) is 12.5 Å². The Hall–Kier alpha value is -1.69. The maximum atomic E-state index is 12.0. The van der Waals surface area contributed by atoms with Gasteiger partial charge in [0.05, 0.1) is 5.75 Å². The van der Waals surface area contributed by atoms with Crippen molar-refractivity contribution in [1.29, 1.82) is 0 Å². The van der Waals surface area contributed by atoms with Gasteiger partial charge in [0.15, 0.2) is 0 Å².